The van der Waals surface area contributed by atoms with E-state index in [4.69, 9.17) is 8.94 Å². The van der Waals surface area contributed by atoms with E-state index in [1.54, 1.807) is 14.0 Å². The van der Waals surface area contributed by atoms with Crippen LogP contribution >= 0.6 is 0 Å². The molecule has 2 aliphatic rings. The summed E-state index contributed by atoms with van der Waals surface area (Å²) in [7, 11) is 1.57. The van der Waals surface area contributed by atoms with Gasteiger partial charge < -0.3 is 13.8 Å². The minimum Gasteiger partial charge on any atom is -0.442 e. The van der Waals surface area contributed by atoms with E-state index in [0.29, 0.717) is 5.69 Å². The Kier molecular flexibility index (Phi) is 4.45. The number of likely N-dealkylation sites (N-methyl/N-ethyl adjacent to an activating group) is 1. The van der Waals surface area contributed by atoms with Crippen molar-refractivity contribution in [3.63, 3.8) is 0 Å². The van der Waals surface area contributed by atoms with Crippen molar-refractivity contribution in [2.75, 3.05) is 7.05 Å². The first kappa shape index (κ1) is 18.5. The lowest BCUT2D eigenvalue weighted by Crippen LogP contribution is -2.54. The molecule has 4 heterocycles. The van der Waals surface area contributed by atoms with E-state index in [0.717, 1.165) is 11.0 Å². The normalized spacial score (nSPS) is 19.6. The van der Waals surface area contributed by atoms with Crippen LogP contribution in [0.15, 0.2) is 27.0 Å². The van der Waals surface area contributed by atoms with E-state index in [1.165, 1.54) is 11.2 Å². The zero-order chi connectivity index (χ0) is 20.7. The third-order valence-electron chi connectivity index (χ3n) is 4.52. The zero-order valence-corrected chi connectivity index (χ0v) is 15.5. The number of aromatic nitrogens is 3. The zero-order valence-electron chi connectivity index (χ0n) is 15.5. The van der Waals surface area contributed by atoms with E-state index in [1.807, 2.05) is 0 Å². The summed E-state index contributed by atoms with van der Waals surface area (Å²) in [5, 5.41) is 5.93. The fourth-order valence-corrected chi connectivity index (χ4v) is 3.12. The molecule has 0 radical (unpaired) electrons. The number of nitrogens with zero attached hydrogens (tertiary/aromatic N) is 5. The number of carbonyl (C=O) groups excluding carboxylic acids is 4. The molecular formula is C17H16N6O6. The lowest BCUT2D eigenvalue weighted by Gasteiger charge is -2.29. The summed E-state index contributed by atoms with van der Waals surface area (Å²) in [6, 6.07) is -1.02. The monoisotopic (exact) mass is 400 g/mol. The van der Waals surface area contributed by atoms with Gasteiger partial charge in [-0.1, -0.05) is 5.16 Å². The van der Waals surface area contributed by atoms with E-state index < -0.39 is 29.7 Å². The maximum Gasteiger partial charge on any atom is 0.277 e. The summed E-state index contributed by atoms with van der Waals surface area (Å²) < 4.78 is 10.4. The highest BCUT2D eigenvalue weighted by atomic mass is 16.5. The molecule has 1 fully saturated rings. The molecule has 0 aromatic carbocycles. The van der Waals surface area contributed by atoms with Crippen molar-refractivity contribution in [2.24, 2.45) is 0 Å². The maximum absolute atomic E-state index is 12.7. The third kappa shape index (κ3) is 3.39. The van der Waals surface area contributed by atoms with E-state index in [-0.39, 0.29) is 42.7 Å². The number of hydrogen-bond donors (Lipinski definition) is 1. The molecule has 1 N–H and O–H groups in total. The van der Waals surface area contributed by atoms with Gasteiger partial charge in [0.1, 0.15) is 18.0 Å². The van der Waals surface area contributed by atoms with Crippen molar-refractivity contribution >= 4 is 23.6 Å². The van der Waals surface area contributed by atoms with E-state index in [2.05, 4.69) is 20.4 Å². The second-order valence-corrected chi connectivity index (χ2v) is 6.67. The first-order chi connectivity index (χ1) is 13.8. The summed E-state index contributed by atoms with van der Waals surface area (Å²) in [6.07, 6.45) is 2.74. The molecule has 4 rings (SSSR count). The average Bonchev–Trinajstić information content (AvgIpc) is 3.36. The van der Waals surface area contributed by atoms with Crippen molar-refractivity contribution < 1.29 is 28.1 Å². The molecular weight excluding hydrogens is 384 g/mol. The Morgan fingerprint density at radius 3 is 2.76 bits per heavy atom. The predicted octanol–water partition coefficient (Wildman–Crippen LogP) is -0.477. The summed E-state index contributed by atoms with van der Waals surface area (Å²) in [6.45, 7) is 1.80. The van der Waals surface area contributed by atoms with Crippen LogP contribution in [0.5, 0.6) is 0 Å². The van der Waals surface area contributed by atoms with Crippen LogP contribution in [0.4, 0.5) is 0 Å². The lowest BCUT2D eigenvalue weighted by molar-refractivity contribution is -0.150. The Morgan fingerprint density at radius 1 is 1.28 bits per heavy atom. The Labute approximate surface area is 163 Å². The first-order valence-corrected chi connectivity index (χ1v) is 8.72. The molecule has 0 spiro atoms. The van der Waals surface area contributed by atoms with Crippen molar-refractivity contribution in [3.05, 3.63) is 29.6 Å². The van der Waals surface area contributed by atoms with E-state index in [9.17, 15) is 19.2 Å². The van der Waals surface area contributed by atoms with Crippen molar-refractivity contribution in [1.29, 1.82) is 0 Å². The van der Waals surface area contributed by atoms with Crippen LogP contribution in [0.25, 0.3) is 11.7 Å². The number of oxazole rings is 1. The Balaban J connectivity index is 1.46. The van der Waals surface area contributed by atoms with Crippen LogP contribution in [-0.4, -0.2) is 61.6 Å². The topological polar surface area (TPSA) is 152 Å². The van der Waals surface area contributed by atoms with Gasteiger partial charge in [0.2, 0.25) is 17.7 Å². The molecule has 1 unspecified atom stereocenters. The van der Waals surface area contributed by atoms with Crippen molar-refractivity contribution in [1.82, 2.24) is 30.2 Å². The number of rotatable bonds is 5. The molecule has 29 heavy (non-hydrogen) atoms. The predicted molar refractivity (Wildman–Crippen MR) is 92.1 cm³/mol. The Morgan fingerprint density at radius 2 is 2.07 bits per heavy atom. The molecule has 0 saturated carbocycles. The summed E-state index contributed by atoms with van der Waals surface area (Å²) >= 11 is 0. The third-order valence-corrected chi connectivity index (χ3v) is 4.52. The number of nitrogens with one attached hydrogen (secondary N) is 1. The summed E-state index contributed by atoms with van der Waals surface area (Å²) in [5.74, 6) is -1.79. The van der Waals surface area contributed by atoms with Gasteiger partial charge in [-0.2, -0.15) is 4.98 Å². The molecule has 2 aromatic heterocycles. The molecule has 12 nitrogen and oxygen atoms in total. The fourth-order valence-electron chi connectivity index (χ4n) is 3.12. The van der Waals surface area contributed by atoms with Gasteiger partial charge >= 0.3 is 0 Å². The maximum atomic E-state index is 12.7. The number of hydrogen-bond acceptors (Lipinski definition) is 10. The highest BCUT2D eigenvalue weighted by Crippen LogP contribution is 2.24. The molecule has 150 valence electrons. The van der Waals surface area contributed by atoms with Gasteiger partial charge in [-0.15, -0.1) is 0 Å². The quantitative estimate of drug-likeness (QED) is 0.652. The van der Waals surface area contributed by atoms with Gasteiger partial charge in [0, 0.05) is 19.5 Å². The largest absolute Gasteiger partial charge is 0.442 e. The highest BCUT2D eigenvalue weighted by molar-refractivity contribution is 6.18. The molecule has 4 amide bonds. The average molecular weight is 400 g/mol. The minimum absolute atomic E-state index is 0.0424. The van der Waals surface area contributed by atoms with Gasteiger partial charge in [-0.3, -0.25) is 29.4 Å². The standard InChI is InChI=1S/C17H16N6O6/c1-8-7-28-16(18-8)14-20-12(29-21-14)6-22(2)10-5-13(25)23(17(10)27)9-3-4-11(24)19-15(9)26/h5,7,9H,3-4,6H2,1-2H3,(H,19,24,26). The van der Waals surface area contributed by atoms with Gasteiger partial charge in [-0.25, -0.2) is 4.98 Å². The number of piperidine rings is 1. The molecule has 2 aromatic rings. The Bertz CT molecular complexity index is 1050. The summed E-state index contributed by atoms with van der Waals surface area (Å²) in [4.78, 5) is 59.0. The van der Waals surface area contributed by atoms with Crippen LogP contribution in [0.2, 0.25) is 0 Å². The minimum atomic E-state index is -1.02. The number of amides is 4. The van der Waals surface area contributed by atoms with Gasteiger partial charge in [-0.05, 0) is 13.3 Å². The van der Waals surface area contributed by atoms with Crippen LogP contribution in [0.1, 0.15) is 24.4 Å². The highest BCUT2D eigenvalue weighted by Gasteiger charge is 2.43. The second kappa shape index (κ2) is 6.96. The second-order valence-electron chi connectivity index (χ2n) is 6.67. The van der Waals surface area contributed by atoms with Crippen LogP contribution < -0.4 is 5.32 Å². The van der Waals surface area contributed by atoms with Gasteiger partial charge in [0.15, 0.2) is 0 Å². The van der Waals surface area contributed by atoms with Crippen LogP contribution in [-0.2, 0) is 25.7 Å². The number of aryl methyl sites for hydroxylation is 1. The SMILES string of the molecule is Cc1coc(-c2noc(CN(C)C3=CC(=O)N(C4CCC(=O)NC4=O)C3=O)n2)n1. The first-order valence-electron chi connectivity index (χ1n) is 8.72. The van der Waals surface area contributed by atoms with E-state index >= 15 is 0 Å². The number of imide groups is 2. The molecule has 2 aliphatic heterocycles. The van der Waals surface area contributed by atoms with Crippen LogP contribution in [0, 0.1) is 6.92 Å². The Hall–Kier alpha value is -3.83. The van der Waals surface area contributed by atoms with Crippen molar-refractivity contribution in [3.8, 4) is 11.7 Å². The van der Waals surface area contributed by atoms with Gasteiger partial charge in [0.05, 0.1) is 12.2 Å². The van der Waals surface area contributed by atoms with Gasteiger partial charge in [0.25, 0.3) is 23.5 Å². The molecule has 0 bridgehead atoms. The van der Waals surface area contributed by atoms with Crippen molar-refractivity contribution in [2.45, 2.75) is 32.4 Å². The molecule has 1 atom stereocenters. The molecule has 12 heteroatoms. The lowest BCUT2D eigenvalue weighted by atomic mass is 10.0. The number of carbonyl (C=O) groups is 4. The molecule has 1 saturated heterocycles. The van der Waals surface area contributed by atoms with Crippen LogP contribution in [0.3, 0.4) is 0 Å². The summed E-state index contributed by atoms with van der Waals surface area (Å²) in [5.41, 5.74) is 0.739. The smallest absolute Gasteiger partial charge is 0.277 e. The molecule has 0 aliphatic carbocycles. The fraction of sp³-hybridized carbons (Fsp3) is 0.353.